The third kappa shape index (κ3) is 2.64. The van der Waals surface area contributed by atoms with Crippen molar-refractivity contribution in [2.24, 2.45) is 0 Å². The highest BCUT2D eigenvalue weighted by Gasteiger charge is 2.39. The number of fused-ring (bicyclic) bond motifs is 4. The molecule has 30 heavy (non-hydrogen) atoms. The Labute approximate surface area is 173 Å². The van der Waals surface area contributed by atoms with E-state index >= 15 is 0 Å². The summed E-state index contributed by atoms with van der Waals surface area (Å²) in [6.07, 6.45) is 4.96. The lowest BCUT2D eigenvalue weighted by Gasteiger charge is -2.35. The number of aromatic nitrogens is 1. The zero-order valence-corrected chi connectivity index (χ0v) is 16.5. The Balaban J connectivity index is 1.73. The van der Waals surface area contributed by atoms with Gasteiger partial charge in [-0.25, -0.2) is 0 Å². The van der Waals surface area contributed by atoms with Crippen LogP contribution in [0.15, 0.2) is 48.7 Å². The number of ketones is 2. The molecule has 1 aliphatic heterocycles. The molecule has 3 heterocycles. The second-order valence-corrected chi connectivity index (χ2v) is 7.92. The van der Waals surface area contributed by atoms with Crippen molar-refractivity contribution in [2.45, 2.75) is 31.7 Å². The molecule has 0 bridgehead atoms. The van der Waals surface area contributed by atoms with Crippen LogP contribution in [0.2, 0.25) is 0 Å². The monoisotopic (exact) mass is 402 g/mol. The van der Waals surface area contributed by atoms with Crippen molar-refractivity contribution in [3.05, 3.63) is 76.6 Å². The Hall–Kier alpha value is -3.25. The number of aliphatic hydroxyl groups is 1. The fraction of sp³-hybridized carbons (Fsp3) is 0.292. The van der Waals surface area contributed by atoms with Crippen LogP contribution in [0.1, 0.15) is 68.0 Å². The maximum absolute atomic E-state index is 13.8. The zero-order chi connectivity index (χ0) is 20.8. The zero-order valence-electron chi connectivity index (χ0n) is 16.5. The second-order valence-electron chi connectivity index (χ2n) is 7.92. The lowest BCUT2D eigenvalue weighted by atomic mass is 9.85. The van der Waals surface area contributed by atoms with Crippen molar-refractivity contribution >= 4 is 23.0 Å². The molecular formula is C24H22N2O4. The van der Waals surface area contributed by atoms with Gasteiger partial charge in [0.1, 0.15) is 5.69 Å². The quantitative estimate of drug-likeness (QED) is 0.571. The molecule has 1 N–H and O–H groups in total. The van der Waals surface area contributed by atoms with Crippen LogP contribution >= 0.6 is 0 Å². The van der Waals surface area contributed by atoms with Crippen molar-refractivity contribution in [3.8, 4) is 0 Å². The number of benzene rings is 1. The number of likely N-dealkylation sites (tertiary alicyclic amines) is 1. The first-order chi connectivity index (χ1) is 14.6. The third-order valence-corrected chi connectivity index (χ3v) is 6.27. The number of hydrogen-bond donors (Lipinski definition) is 1. The number of aliphatic hydroxyl groups excluding tert-OH is 1. The van der Waals surface area contributed by atoms with E-state index in [2.05, 4.69) is 0 Å². The molecule has 1 saturated heterocycles. The number of piperidine rings is 1. The molecule has 152 valence electrons. The number of rotatable bonds is 3. The van der Waals surface area contributed by atoms with Crippen LogP contribution in [-0.2, 0) is 0 Å². The molecule has 1 amide bonds. The number of amides is 1. The smallest absolute Gasteiger partial charge is 0.257 e. The molecule has 6 nitrogen and oxygen atoms in total. The van der Waals surface area contributed by atoms with Gasteiger partial charge in [0.2, 0.25) is 5.78 Å². The maximum atomic E-state index is 13.8. The van der Waals surface area contributed by atoms with Gasteiger partial charge in [0.25, 0.3) is 5.91 Å². The first kappa shape index (κ1) is 18.8. The van der Waals surface area contributed by atoms with Crippen LogP contribution in [0.3, 0.4) is 0 Å². The SMILES string of the molecule is O=C1c2ccccc2C(=O)c2c1c(C(=O)N1CCCC[C@@H]1CCO)c1ccccn21. The Morgan fingerprint density at radius 1 is 1.00 bits per heavy atom. The molecule has 0 spiro atoms. The van der Waals surface area contributed by atoms with E-state index in [0.717, 1.165) is 19.3 Å². The Morgan fingerprint density at radius 2 is 1.73 bits per heavy atom. The van der Waals surface area contributed by atoms with Gasteiger partial charge < -0.3 is 14.4 Å². The van der Waals surface area contributed by atoms with Crippen LogP contribution in [0, 0.1) is 0 Å². The van der Waals surface area contributed by atoms with Gasteiger partial charge in [0, 0.05) is 36.5 Å². The van der Waals surface area contributed by atoms with Crippen molar-refractivity contribution in [1.82, 2.24) is 9.30 Å². The Bertz CT molecular complexity index is 1190. The minimum absolute atomic E-state index is 0.00779. The van der Waals surface area contributed by atoms with Crippen molar-refractivity contribution in [2.75, 3.05) is 13.2 Å². The molecule has 0 radical (unpaired) electrons. The second kappa shape index (κ2) is 7.22. The van der Waals surface area contributed by atoms with Gasteiger partial charge in [-0.1, -0.05) is 30.3 Å². The molecule has 1 fully saturated rings. The van der Waals surface area contributed by atoms with E-state index in [-0.39, 0.29) is 41.4 Å². The van der Waals surface area contributed by atoms with E-state index in [1.807, 2.05) is 0 Å². The van der Waals surface area contributed by atoms with Crippen molar-refractivity contribution < 1.29 is 19.5 Å². The van der Waals surface area contributed by atoms with Gasteiger partial charge in [-0.2, -0.15) is 0 Å². The number of carbonyl (C=O) groups is 3. The van der Waals surface area contributed by atoms with Crippen LogP contribution in [0.4, 0.5) is 0 Å². The van der Waals surface area contributed by atoms with Gasteiger partial charge in [-0.05, 0) is 37.8 Å². The predicted molar refractivity (Wildman–Crippen MR) is 111 cm³/mol. The van der Waals surface area contributed by atoms with Gasteiger partial charge in [0.05, 0.1) is 16.6 Å². The fourth-order valence-corrected chi connectivity index (χ4v) is 4.87. The first-order valence-corrected chi connectivity index (χ1v) is 10.4. The fourth-order valence-electron chi connectivity index (χ4n) is 4.87. The number of hydrogen-bond acceptors (Lipinski definition) is 4. The summed E-state index contributed by atoms with van der Waals surface area (Å²) in [6.45, 7) is 0.592. The largest absolute Gasteiger partial charge is 0.396 e. The lowest BCUT2D eigenvalue weighted by molar-refractivity contribution is 0.0574. The van der Waals surface area contributed by atoms with Crippen molar-refractivity contribution in [3.63, 3.8) is 0 Å². The Morgan fingerprint density at radius 3 is 2.50 bits per heavy atom. The number of carbonyl (C=O) groups excluding carboxylic acids is 3. The topological polar surface area (TPSA) is 79.1 Å². The van der Waals surface area contributed by atoms with E-state index in [9.17, 15) is 19.5 Å². The van der Waals surface area contributed by atoms with E-state index < -0.39 is 0 Å². The molecule has 0 unspecified atom stereocenters. The van der Waals surface area contributed by atoms with Crippen LogP contribution < -0.4 is 0 Å². The summed E-state index contributed by atoms with van der Waals surface area (Å²) in [5.41, 5.74) is 2.02. The van der Waals surface area contributed by atoms with E-state index in [1.54, 1.807) is 58.0 Å². The molecule has 1 atom stereocenters. The van der Waals surface area contributed by atoms with Crippen LogP contribution in [0.25, 0.3) is 5.52 Å². The number of pyridine rings is 1. The summed E-state index contributed by atoms with van der Waals surface area (Å²) >= 11 is 0. The highest BCUT2D eigenvalue weighted by molar-refractivity contribution is 6.32. The molecule has 3 aromatic rings. The van der Waals surface area contributed by atoms with Gasteiger partial charge in [-0.15, -0.1) is 0 Å². The van der Waals surface area contributed by atoms with E-state index in [0.29, 0.717) is 35.2 Å². The highest BCUT2D eigenvalue weighted by Crippen LogP contribution is 2.35. The highest BCUT2D eigenvalue weighted by atomic mass is 16.3. The molecular weight excluding hydrogens is 380 g/mol. The third-order valence-electron chi connectivity index (χ3n) is 6.27. The first-order valence-electron chi connectivity index (χ1n) is 10.4. The minimum Gasteiger partial charge on any atom is -0.396 e. The molecule has 1 aliphatic carbocycles. The molecule has 6 heteroatoms. The average molecular weight is 402 g/mol. The lowest BCUT2D eigenvalue weighted by Crippen LogP contribution is -2.44. The summed E-state index contributed by atoms with van der Waals surface area (Å²) in [5, 5.41) is 9.46. The predicted octanol–water partition coefficient (Wildman–Crippen LogP) is 3.09. The summed E-state index contributed by atoms with van der Waals surface area (Å²) < 4.78 is 1.67. The summed E-state index contributed by atoms with van der Waals surface area (Å²) in [7, 11) is 0. The molecule has 5 rings (SSSR count). The maximum Gasteiger partial charge on any atom is 0.257 e. The molecule has 0 saturated carbocycles. The van der Waals surface area contributed by atoms with Gasteiger partial charge >= 0.3 is 0 Å². The average Bonchev–Trinajstić information content (AvgIpc) is 3.13. The normalized spacial score (nSPS) is 18.4. The number of nitrogens with zero attached hydrogens (tertiary/aromatic N) is 2. The summed E-state index contributed by atoms with van der Waals surface area (Å²) in [4.78, 5) is 42.3. The van der Waals surface area contributed by atoms with E-state index in [4.69, 9.17) is 0 Å². The van der Waals surface area contributed by atoms with Gasteiger partial charge in [0.15, 0.2) is 5.78 Å². The molecule has 2 aliphatic rings. The molecule has 1 aromatic carbocycles. The standard InChI is InChI=1S/C24H22N2O4/c27-14-11-15-7-3-5-12-25(15)24(30)19-18-10-4-6-13-26(18)21-20(19)22(28)16-8-1-2-9-17(16)23(21)29/h1-2,4,6,8-10,13,15,27H,3,5,7,11-12,14H2/t15-/m1/s1. The van der Waals surface area contributed by atoms with E-state index in [1.165, 1.54) is 0 Å². The van der Waals surface area contributed by atoms with Crippen LogP contribution in [-0.4, -0.2) is 51.1 Å². The minimum atomic E-state index is -0.289. The molecule has 2 aromatic heterocycles. The summed E-state index contributed by atoms with van der Waals surface area (Å²) in [6, 6.07) is 12.1. The van der Waals surface area contributed by atoms with Gasteiger partial charge in [-0.3, -0.25) is 14.4 Å². The van der Waals surface area contributed by atoms with Crippen LogP contribution in [0.5, 0.6) is 0 Å². The Kier molecular flexibility index (Phi) is 4.51. The van der Waals surface area contributed by atoms with Crippen molar-refractivity contribution in [1.29, 1.82) is 0 Å². The summed E-state index contributed by atoms with van der Waals surface area (Å²) in [5.74, 6) is -0.771.